The molecule has 1 aromatic carbocycles. The van der Waals surface area contributed by atoms with Crippen LogP contribution < -0.4 is 15.1 Å². The molecule has 0 unspecified atom stereocenters. The molecule has 7 nitrogen and oxygen atoms in total. The predicted molar refractivity (Wildman–Crippen MR) is 107 cm³/mol. The molecule has 1 saturated heterocycles. The van der Waals surface area contributed by atoms with E-state index in [9.17, 15) is 0 Å². The number of piperazine rings is 1. The van der Waals surface area contributed by atoms with Gasteiger partial charge in [-0.3, -0.25) is 4.98 Å². The van der Waals surface area contributed by atoms with Crippen molar-refractivity contribution in [3.63, 3.8) is 0 Å². The Morgan fingerprint density at radius 2 is 1.85 bits per heavy atom. The summed E-state index contributed by atoms with van der Waals surface area (Å²) >= 11 is 6.10. The summed E-state index contributed by atoms with van der Waals surface area (Å²) in [6.07, 6.45) is 3.41. The number of rotatable bonds is 5. The molecule has 0 radical (unpaired) electrons. The molecular formula is C19H20ClN7. The SMILES string of the molecule is Clc1cccc(N2CCN(c3nncc(NCc4ccccn4)n3)CC2)c1. The van der Waals surface area contributed by atoms with Gasteiger partial charge in [0.05, 0.1) is 18.4 Å². The van der Waals surface area contributed by atoms with Crippen molar-refractivity contribution >= 4 is 29.1 Å². The third-order valence-electron chi connectivity index (χ3n) is 4.46. The number of aromatic nitrogens is 4. The van der Waals surface area contributed by atoms with Gasteiger partial charge in [0.25, 0.3) is 0 Å². The van der Waals surface area contributed by atoms with Gasteiger partial charge in [0.2, 0.25) is 5.95 Å². The topological polar surface area (TPSA) is 70.1 Å². The fourth-order valence-electron chi connectivity index (χ4n) is 3.03. The molecule has 4 rings (SSSR count). The summed E-state index contributed by atoms with van der Waals surface area (Å²) in [6, 6.07) is 13.8. The molecule has 3 heterocycles. The maximum atomic E-state index is 6.10. The fourth-order valence-corrected chi connectivity index (χ4v) is 3.22. The molecule has 0 spiro atoms. The van der Waals surface area contributed by atoms with Crippen LogP contribution >= 0.6 is 11.6 Å². The van der Waals surface area contributed by atoms with Gasteiger partial charge in [0, 0.05) is 43.1 Å². The van der Waals surface area contributed by atoms with Gasteiger partial charge in [0.1, 0.15) is 0 Å². The molecule has 1 N–H and O–H groups in total. The zero-order valence-electron chi connectivity index (χ0n) is 14.8. The molecule has 1 fully saturated rings. The standard InChI is InChI=1S/C19H20ClN7/c20-15-4-3-6-17(12-15)26-8-10-27(11-9-26)19-24-18(14-23-25-19)22-13-16-5-1-2-7-21-16/h1-7,12,14H,8-11,13H2,(H,22,24,25). The van der Waals surface area contributed by atoms with Crippen molar-refractivity contribution in [1.29, 1.82) is 0 Å². The van der Waals surface area contributed by atoms with E-state index in [-0.39, 0.29) is 0 Å². The minimum Gasteiger partial charge on any atom is -0.368 e. The van der Waals surface area contributed by atoms with Crippen LogP contribution in [0.4, 0.5) is 17.5 Å². The lowest BCUT2D eigenvalue weighted by atomic mass is 10.2. The minimum absolute atomic E-state index is 0.599. The summed E-state index contributed by atoms with van der Waals surface area (Å²) in [4.78, 5) is 13.4. The van der Waals surface area contributed by atoms with Crippen LogP contribution in [0, 0.1) is 0 Å². The summed E-state index contributed by atoms with van der Waals surface area (Å²) in [7, 11) is 0. The van der Waals surface area contributed by atoms with Crippen LogP contribution in [0.25, 0.3) is 0 Å². The van der Waals surface area contributed by atoms with E-state index >= 15 is 0 Å². The molecule has 0 bridgehead atoms. The van der Waals surface area contributed by atoms with Crippen molar-refractivity contribution < 1.29 is 0 Å². The number of pyridine rings is 1. The van der Waals surface area contributed by atoms with Crippen molar-refractivity contribution in [1.82, 2.24) is 20.2 Å². The first kappa shape index (κ1) is 17.5. The van der Waals surface area contributed by atoms with Crippen LogP contribution in [-0.2, 0) is 6.54 Å². The second-order valence-electron chi connectivity index (χ2n) is 6.27. The van der Waals surface area contributed by atoms with Crippen LogP contribution in [0.3, 0.4) is 0 Å². The van der Waals surface area contributed by atoms with E-state index in [1.54, 1.807) is 12.4 Å². The van der Waals surface area contributed by atoms with E-state index in [2.05, 4.69) is 41.3 Å². The van der Waals surface area contributed by atoms with Gasteiger partial charge in [-0.25, -0.2) is 0 Å². The summed E-state index contributed by atoms with van der Waals surface area (Å²) < 4.78 is 0. The Morgan fingerprint density at radius 1 is 1.00 bits per heavy atom. The first-order valence-electron chi connectivity index (χ1n) is 8.87. The first-order valence-corrected chi connectivity index (χ1v) is 9.25. The maximum absolute atomic E-state index is 6.10. The Bertz CT molecular complexity index is 882. The number of nitrogens with zero attached hydrogens (tertiary/aromatic N) is 6. The largest absolute Gasteiger partial charge is 0.368 e. The van der Waals surface area contributed by atoms with E-state index in [4.69, 9.17) is 11.6 Å². The number of benzene rings is 1. The van der Waals surface area contributed by atoms with Gasteiger partial charge in [-0.2, -0.15) is 10.1 Å². The number of hydrogen-bond donors (Lipinski definition) is 1. The second-order valence-corrected chi connectivity index (χ2v) is 6.71. The highest BCUT2D eigenvalue weighted by atomic mass is 35.5. The number of hydrogen-bond acceptors (Lipinski definition) is 7. The van der Waals surface area contributed by atoms with Crippen molar-refractivity contribution in [3.05, 3.63) is 65.6 Å². The highest BCUT2D eigenvalue weighted by Gasteiger charge is 2.20. The average Bonchev–Trinajstić information content (AvgIpc) is 2.73. The van der Waals surface area contributed by atoms with Crippen LogP contribution in [0.15, 0.2) is 54.9 Å². The third kappa shape index (κ3) is 4.43. The smallest absolute Gasteiger partial charge is 0.247 e. The van der Waals surface area contributed by atoms with Crippen molar-refractivity contribution in [2.24, 2.45) is 0 Å². The first-order chi connectivity index (χ1) is 13.3. The minimum atomic E-state index is 0.599. The average molecular weight is 382 g/mol. The summed E-state index contributed by atoms with van der Waals surface area (Å²) in [5, 5.41) is 12.3. The molecule has 0 aliphatic carbocycles. The second kappa shape index (κ2) is 8.18. The molecule has 3 aromatic rings. The van der Waals surface area contributed by atoms with E-state index in [0.29, 0.717) is 18.3 Å². The summed E-state index contributed by atoms with van der Waals surface area (Å²) in [5.41, 5.74) is 2.10. The Kier molecular flexibility index (Phi) is 5.29. The van der Waals surface area contributed by atoms with Gasteiger partial charge in [0.15, 0.2) is 5.82 Å². The van der Waals surface area contributed by atoms with E-state index < -0.39 is 0 Å². The maximum Gasteiger partial charge on any atom is 0.247 e. The zero-order chi connectivity index (χ0) is 18.5. The van der Waals surface area contributed by atoms with Gasteiger partial charge in [-0.05, 0) is 30.3 Å². The lowest BCUT2D eigenvalue weighted by Gasteiger charge is -2.36. The number of nitrogens with one attached hydrogen (secondary N) is 1. The molecule has 1 aliphatic rings. The molecule has 0 atom stereocenters. The Morgan fingerprint density at radius 3 is 2.63 bits per heavy atom. The van der Waals surface area contributed by atoms with E-state index in [1.165, 1.54) is 0 Å². The Balaban J connectivity index is 1.37. The van der Waals surface area contributed by atoms with Gasteiger partial charge in [-0.15, -0.1) is 5.10 Å². The third-order valence-corrected chi connectivity index (χ3v) is 4.70. The van der Waals surface area contributed by atoms with E-state index in [0.717, 1.165) is 42.6 Å². The summed E-state index contributed by atoms with van der Waals surface area (Å²) in [5.74, 6) is 1.34. The molecule has 138 valence electrons. The zero-order valence-corrected chi connectivity index (χ0v) is 15.5. The number of anilines is 3. The van der Waals surface area contributed by atoms with Gasteiger partial charge >= 0.3 is 0 Å². The van der Waals surface area contributed by atoms with Crippen LogP contribution in [0.1, 0.15) is 5.69 Å². The normalized spacial score (nSPS) is 14.3. The van der Waals surface area contributed by atoms with Gasteiger partial charge < -0.3 is 15.1 Å². The predicted octanol–water partition coefficient (Wildman–Crippen LogP) is 2.86. The Labute approximate surface area is 163 Å². The van der Waals surface area contributed by atoms with E-state index in [1.807, 2.05) is 36.4 Å². The quantitative estimate of drug-likeness (QED) is 0.728. The number of halogens is 1. The monoisotopic (exact) mass is 381 g/mol. The molecular weight excluding hydrogens is 362 g/mol. The fraction of sp³-hybridized carbons (Fsp3) is 0.263. The molecule has 1 aliphatic heterocycles. The lowest BCUT2D eigenvalue weighted by molar-refractivity contribution is 0.635. The molecule has 27 heavy (non-hydrogen) atoms. The van der Waals surface area contributed by atoms with Crippen molar-refractivity contribution in [2.45, 2.75) is 6.54 Å². The molecule has 8 heteroatoms. The van der Waals surface area contributed by atoms with Crippen LogP contribution in [0.2, 0.25) is 5.02 Å². The van der Waals surface area contributed by atoms with Crippen molar-refractivity contribution in [2.75, 3.05) is 41.3 Å². The highest BCUT2D eigenvalue weighted by Crippen LogP contribution is 2.22. The van der Waals surface area contributed by atoms with Gasteiger partial charge in [-0.1, -0.05) is 23.7 Å². The summed E-state index contributed by atoms with van der Waals surface area (Å²) in [6.45, 7) is 4.03. The molecule has 0 amide bonds. The van der Waals surface area contributed by atoms with Crippen LogP contribution in [-0.4, -0.2) is 46.3 Å². The highest BCUT2D eigenvalue weighted by molar-refractivity contribution is 6.30. The van der Waals surface area contributed by atoms with Crippen LogP contribution in [0.5, 0.6) is 0 Å². The Hall–Kier alpha value is -2.93. The molecule has 0 saturated carbocycles. The molecule has 2 aromatic heterocycles. The lowest BCUT2D eigenvalue weighted by Crippen LogP contribution is -2.47. The van der Waals surface area contributed by atoms with Crippen molar-refractivity contribution in [3.8, 4) is 0 Å².